The number of hydrogen-bond acceptors (Lipinski definition) is 8. The smallest absolute Gasteiger partial charge is 0.243 e. The first-order valence-corrected chi connectivity index (χ1v) is 6.84. The van der Waals surface area contributed by atoms with Crippen molar-refractivity contribution in [3.63, 3.8) is 0 Å². The van der Waals surface area contributed by atoms with E-state index >= 15 is 0 Å². The number of nitrogens with one attached hydrogen (secondary N) is 1. The van der Waals surface area contributed by atoms with Crippen molar-refractivity contribution in [2.24, 2.45) is 5.84 Å². The summed E-state index contributed by atoms with van der Waals surface area (Å²) in [5, 5.41) is 0. The molecule has 2 aromatic rings. The van der Waals surface area contributed by atoms with Crippen LogP contribution in [0.5, 0.6) is 0 Å². The van der Waals surface area contributed by atoms with Crippen molar-refractivity contribution >= 4 is 11.9 Å². The van der Waals surface area contributed by atoms with Gasteiger partial charge in [0.05, 0.1) is 6.10 Å². The summed E-state index contributed by atoms with van der Waals surface area (Å²) < 4.78 is 7.36. The molecule has 0 bridgehead atoms. The molecule has 9 heteroatoms. The Bertz CT molecular complexity index is 587. The number of nitrogens with two attached hydrogens (primary N) is 1. The number of hydrogen-bond donors (Lipinski definition) is 2. The second-order valence-corrected chi connectivity index (χ2v) is 4.85. The predicted molar refractivity (Wildman–Crippen MR) is 77.0 cm³/mol. The third-order valence-electron chi connectivity index (χ3n) is 3.21. The molecule has 0 spiro atoms. The highest BCUT2D eigenvalue weighted by atomic mass is 16.5. The average molecular weight is 290 g/mol. The van der Waals surface area contributed by atoms with Gasteiger partial charge in [0.25, 0.3) is 0 Å². The van der Waals surface area contributed by atoms with Crippen molar-refractivity contribution in [2.75, 3.05) is 30.0 Å². The Morgan fingerprint density at radius 3 is 2.95 bits per heavy atom. The first-order chi connectivity index (χ1) is 10.3. The van der Waals surface area contributed by atoms with Gasteiger partial charge in [-0.3, -0.25) is 9.99 Å². The van der Waals surface area contributed by atoms with Gasteiger partial charge in [0, 0.05) is 32.1 Å². The van der Waals surface area contributed by atoms with Gasteiger partial charge in [-0.15, -0.1) is 0 Å². The molecule has 0 radical (unpaired) electrons. The van der Waals surface area contributed by atoms with Crippen molar-refractivity contribution in [1.29, 1.82) is 0 Å². The SMILES string of the molecule is CC1CN(c2nc(NN)nc(-n3ccnc3)n2)CCCO1. The summed E-state index contributed by atoms with van der Waals surface area (Å²) in [6.07, 6.45) is 6.14. The molecule has 0 amide bonds. The first kappa shape index (κ1) is 13.7. The van der Waals surface area contributed by atoms with Crippen LogP contribution in [0.25, 0.3) is 5.95 Å². The molecule has 1 aliphatic heterocycles. The van der Waals surface area contributed by atoms with E-state index in [1.165, 1.54) is 0 Å². The lowest BCUT2D eigenvalue weighted by atomic mass is 10.3. The highest BCUT2D eigenvalue weighted by Crippen LogP contribution is 2.16. The molecule has 0 aliphatic carbocycles. The number of rotatable bonds is 3. The fourth-order valence-electron chi connectivity index (χ4n) is 2.23. The maximum atomic E-state index is 5.65. The molecule has 3 rings (SSSR count). The Balaban J connectivity index is 1.95. The van der Waals surface area contributed by atoms with E-state index in [1.54, 1.807) is 23.3 Å². The van der Waals surface area contributed by atoms with Crippen molar-refractivity contribution in [3.8, 4) is 5.95 Å². The molecular formula is C12H18N8O. The average Bonchev–Trinajstić information content (AvgIpc) is 2.96. The lowest BCUT2D eigenvalue weighted by molar-refractivity contribution is 0.0820. The summed E-state index contributed by atoms with van der Waals surface area (Å²) in [5.41, 5.74) is 2.48. The van der Waals surface area contributed by atoms with Gasteiger partial charge in [0.15, 0.2) is 0 Å². The number of ether oxygens (including phenoxy) is 1. The maximum Gasteiger partial charge on any atom is 0.243 e. The number of anilines is 2. The standard InChI is InChI=1S/C12H18N8O/c1-9-7-19(4-2-6-21-9)11-15-10(18-13)16-12(17-11)20-5-3-14-8-20/h3,5,8-9H,2,4,6-7,13H2,1H3,(H,15,16,17,18). The summed E-state index contributed by atoms with van der Waals surface area (Å²) in [6.45, 7) is 4.36. The van der Waals surface area contributed by atoms with Crippen LogP contribution in [0.2, 0.25) is 0 Å². The summed E-state index contributed by atoms with van der Waals surface area (Å²) >= 11 is 0. The van der Waals surface area contributed by atoms with Crippen molar-refractivity contribution < 1.29 is 4.74 Å². The Morgan fingerprint density at radius 1 is 1.33 bits per heavy atom. The van der Waals surface area contributed by atoms with E-state index in [9.17, 15) is 0 Å². The zero-order valence-corrected chi connectivity index (χ0v) is 11.8. The van der Waals surface area contributed by atoms with Crippen molar-refractivity contribution in [3.05, 3.63) is 18.7 Å². The van der Waals surface area contributed by atoms with E-state index in [2.05, 4.69) is 30.3 Å². The largest absolute Gasteiger partial charge is 0.377 e. The van der Waals surface area contributed by atoms with Gasteiger partial charge in [-0.05, 0) is 13.3 Å². The molecule has 1 fully saturated rings. The van der Waals surface area contributed by atoms with Crippen LogP contribution in [0.1, 0.15) is 13.3 Å². The lowest BCUT2D eigenvalue weighted by Gasteiger charge is -2.22. The fourth-order valence-corrected chi connectivity index (χ4v) is 2.23. The molecule has 21 heavy (non-hydrogen) atoms. The van der Waals surface area contributed by atoms with Crippen LogP contribution in [0.15, 0.2) is 18.7 Å². The van der Waals surface area contributed by atoms with E-state index in [-0.39, 0.29) is 6.10 Å². The minimum atomic E-state index is 0.134. The second-order valence-electron chi connectivity index (χ2n) is 4.85. The van der Waals surface area contributed by atoms with Gasteiger partial charge in [0.2, 0.25) is 17.8 Å². The van der Waals surface area contributed by atoms with Crippen LogP contribution in [0, 0.1) is 0 Å². The third-order valence-corrected chi connectivity index (χ3v) is 3.21. The van der Waals surface area contributed by atoms with Gasteiger partial charge < -0.3 is 9.64 Å². The van der Waals surface area contributed by atoms with Gasteiger partial charge in [-0.1, -0.05) is 0 Å². The molecule has 112 valence electrons. The molecule has 2 aromatic heterocycles. The van der Waals surface area contributed by atoms with E-state index in [0.29, 0.717) is 17.8 Å². The maximum absolute atomic E-state index is 5.65. The van der Waals surface area contributed by atoms with E-state index < -0.39 is 0 Å². The van der Waals surface area contributed by atoms with Crippen LogP contribution < -0.4 is 16.2 Å². The van der Waals surface area contributed by atoms with Crippen molar-refractivity contribution in [1.82, 2.24) is 24.5 Å². The summed E-state index contributed by atoms with van der Waals surface area (Å²) in [6, 6.07) is 0. The number of imidazole rings is 1. The molecule has 9 nitrogen and oxygen atoms in total. The molecule has 3 N–H and O–H groups in total. The van der Waals surface area contributed by atoms with Gasteiger partial charge in [-0.2, -0.15) is 15.0 Å². The van der Waals surface area contributed by atoms with E-state index in [4.69, 9.17) is 10.6 Å². The van der Waals surface area contributed by atoms with Crippen LogP contribution in [0.3, 0.4) is 0 Å². The molecule has 0 saturated carbocycles. The molecule has 1 unspecified atom stereocenters. The molecule has 1 atom stereocenters. The number of hydrazine groups is 1. The Labute approximate surface area is 122 Å². The topological polar surface area (TPSA) is 107 Å². The highest BCUT2D eigenvalue weighted by molar-refractivity contribution is 5.39. The Kier molecular flexibility index (Phi) is 3.93. The Morgan fingerprint density at radius 2 is 2.19 bits per heavy atom. The quantitative estimate of drug-likeness (QED) is 0.599. The van der Waals surface area contributed by atoms with E-state index in [0.717, 1.165) is 26.1 Å². The third kappa shape index (κ3) is 3.09. The monoisotopic (exact) mass is 290 g/mol. The molecule has 1 saturated heterocycles. The minimum absolute atomic E-state index is 0.134. The van der Waals surface area contributed by atoms with Gasteiger partial charge in [-0.25, -0.2) is 10.8 Å². The molecular weight excluding hydrogens is 272 g/mol. The molecule has 1 aliphatic rings. The highest BCUT2D eigenvalue weighted by Gasteiger charge is 2.19. The minimum Gasteiger partial charge on any atom is -0.377 e. The van der Waals surface area contributed by atoms with Crippen LogP contribution >= 0.6 is 0 Å². The number of nitrogen functional groups attached to an aromatic ring is 1. The van der Waals surface area contributed by atoms with Gasteiger partial charge >= 0.3 is 0 Å². The first-order valence-electron chi connectivity index (χ1n) is 6.84. The van der Waals surface area contributed by atoms with Gasteiger partial charge in [0.1, 0.15) is 6.33 Å². The summed E-state index contributed by atoms with van der Waals surface area (Å²) in [7, 11) is 0. The Hall–Kier alpha value is -2.26. The number of aromatic nitrogens is 5. The van der Waals surface area contributed by atoms with E-state index in [1.807, 2.05) is 6.92 Å². The molecule has 0 aromatic carbocycles. The second kappa shape index (κ2) is 6.02. The zero-order chi connectivity index (χ0) is 14.7. The van der Waals surface area contributed by atoms with Crippen LogP contribution in [-0.4, -0.2) is 50.3 Å². The predicted octanol–water partition coefficient (Wildman–Crippen LogP) is -0.0419. The number of nitrogens with zero attached hydrogens (tertiary/aromatic N) is 6. The zero-order valence-electron chi connectivity index (χ0n) is 11.8. The lowest BCUT2D eigenvalue weighted by Crippen LogP contribution is -2.32. The summed E-state index contributed by atoms with van der Waals surface area (Å²) in [5.74, 6) is 6.84. The van der Waals surface area contributed by atoms with Crippen molar-refractivity contribution in [2.45, 2.75) is 19.4 Å². The van der Waals surface area contributed by atoms with Crippen LogP contribution in [0.4, 0.5) is 11.9 Å². The molecule has 3 heterocycles. The fraction of sp³-hybridized carbons (Fsp3) is 0.500. The van der Waals surface area contributed by atoms with Crippen LogP contribution in [-0.2, 0) is 4.74 Å². The summed E-state index contributed by atoms with van der Waals surface area (Å²) in [4.78, 5) is 19.2. The normalized spacial score (nSPS) is 19.3.